The normalized spacial score (nSPS) is 17.6. The highest BCUT2D eigenvalue weighted by atomic mass is 16.5. The van der Waals surface area contributed by atoms with E-state index in [1.165, 1.54) is 25.9 Å². The van der Waals surface area contributed by atoms with Crippen LogP contribution in [0.1, 0.15) is 45.1 Å². The molecule has 1 aliphatic heterocycles. The van der Waals surface area contributed by atoms with Crippen molar-refractivity contribution < 1.29 is 9.94 Å². The lowest BCUT2D eigenvalue weighted by Crippen LogP contribution is -2.34. The van der Waals surface area contributed by atoms with Crippen molar-refractivity contribution in [3.63, 3.8) is 0 Å². The van der Waals surface area contributed by atoms with Crippen LogP contribution >= 0.6 is 0 Å². The number of benzene rings is 1. The molecular formula is C18H28N2O2. The number of rotatable bonds is 7. The van der Waals surface area contributed by atoms with Crippen LogP contribution in [0.25, 0.3) is 0 Å². The second-order valence-corrected chi connectivity index (χ2v) is 6.15. The van der Waals surface area contributed by atoms with E-state index in [1.807, 2.05) is 31.2 Å². The molecule has 0 aliphatic carbocycles. The van der Waals surface area contributed by atoms with Crippen molar-refractivity contribution in [1.82, 2.24) is 4.90 Å². The topological polar surface area (TPSA) is 45.1 Å². The minimum atomic E-state index is 0.700. The molecule has 1 fully saturated rings. The SMILES string of the molecule is CC/C(=N/O)c1ccc(OCCCN2CCC(C)CC2)cc1. The van der Waals surface area contributed by atoms with Gasteiger partial charge >= 0.3 is 0 Å². The first-order valence-electron chi connectivity index (χ1n) is 8.39. The molecule has 0 spiro atoms. The van der Waals surface area contributed by atoms with Crippen LogP contribution in [0.5, 0.6) is 5.75 Å². The van der Waals surface area contributed by atoms with Crippen LogP contribution in [0.3, 0.4) is 0 Å². The van der Waals surface area contributed by atoms with Crippen LogP contribution in [-0.2, 0) is 0 Å². The highest BCUT2D eigenvalue weighted by Gasteiger charge is 2.14. The maximum Gasteiger partial charge on any atom is 0.119 e. The van der Waals surface area contributed by atoms with Crippen LogP contribution in [0.15, 0.2) is 29.4 Å². The minimum Gasteiger partial charge on any atom is -0.494 e. The molecule has 0 aromatic heterocycles. The molecule has 0 bridgehead atoms. The first-order chi connectivity index (χ1) is 10.7. The molecule has 0 saturated carbocycles. The monoisotopic (exact) mass is 304 g/mol. The molecule has 1 N–H and O–H groups in total. The lowest BCUT2D eigenvalue weighted by atomic mass is 9.99. The molecule has 0 atom stereocenters. The van der Waals surface area contributed by atoms with Crippen molar-refractivity contribution in [3.8, 4) is 5.75 Å². The Morgan fingerprint density at radius 2 is 1.95 bits per heavy atom. The molecule has 2 rings (SSSR count). The van der Waals surface area contributed by atoms with Gasteiger partial charge in [0, 0.05) is 6.54 Å². The lowest BCUT2D eigenvalue weighted by Gasteiger charge is -2.30. The van der Waals surface area contributed by atoms with Crippen molar-refractivity contribution in [2.75, 3.05) is 26.2 Å². The van der Waals surface area contributed by atoms with Gasteiger partial charge in [-0.15, -0.1) is 0 Å². The van der Waals surface area contributed by atoms with Gasteiger partial charge in [-0.05, 0) is 74.5 Å². The van der Waals surface area contributed by atoms with Gasteiger partial charge in [0.05, 0.1) is 12.3 Å². The van der Waals surface area contributed by atoms with Crippen LogP contribution < -0.4 is 4.74 Å². The number of hydrogen-bond donors (Lipinski definition) is 1. The standard InChI is InChI=1S/C18H28N2O2/c1-3-18(19-21)16-5-7-17(8-6-16)22-14-4-11-20-12-9-15(2)10-13-20/h5-8,15,21H,3-4,9-14H2,1-2H3/b19-18-. The van der Waals surface area contributed by atoms with Crippen LogP contribution in [0, 0.1) is 5.92 Å². The van der Waals surface area contributed by atoms with Crippen molar-refractivity contribution in [2.24, 2.45) is 11.1 Å². The average Bonchev–Trinajstić information content (AvgIpc) is 2.56. The fourth-order valence-corrected chi connectivity index (χ4v) is 2.84. The smallest absolute Gasteiger partial charge is 0.119 e. The first kappa shape index (κ1) is 16.8. The number of likely N-dealkylation sites (tertiary alicyclic amines) is 1. The third-order valence-corrected chi connectivity index (χ3v) is 4.41. The molecule has 1 aromatic carbocycles. The maximum atomic E-state index is 8.91. The maximum absolute atomic E-state index is 8.91. The minimum absolute atomic E-state index is 0.700. The predicted molar refractivity (Wildman–Crippen MR) is 90.0 cm³/mol. The number of nitrogens with zero attached hydrogens (tertiary/aromatic N) is 2. The summed E-state index contributed by atoms with van der Waals surface area (Å²) in [6.45, 7) is 8.66. The molecular weight excluding hydrogens is 276 g/mol. The van der Waals surface area contributed by atoms with Crippen molar-refractivity contribution in [2.45, 2.75) is 39.5 Å². The van der Waals surface area contributed by atoms with Gasteiger partial charge in [-0.3, -0.25) is 0 Å². The van der Waals surface area contributed by atoms with Crippen molar-refractivity contribution in [1.29, 1.82) is 0 Å². The largest absolute Gasteiger partial charge is 0.494 e. The van der Waals surface area contributed by atoms with E-state index < -0.39 is 0 Å². The molecule has 1 aliphatic rings. The molecule has 1 aromatic rings. The van der Waals surface area contributed by atoms with E-state index in [-0.39, 0.29) is 0 Å². The summed E-state index contributed by atoms with van der Waals surface area (Å²) in [7, 11) is 0. The van der Waals surface area contributed by atoms with E-state index in [4.69, 9.17) is 9.94 Å². The summed E-state index contributed by atoms with van der Waals surface area (Å²) in [5.74, 6) is 1.77. The Balaban J connectivity index is 1.69. The summed E-state index contributed by atoms with van der Waals surface area (Å²) < 4.78 is 5.79. The molecule has 0 unspecified atom stereocenters. The van der Waals surface area contributed by atoms with E-state index in [0.717, 1.165) is 36.8 Å². The molecule has 1 saturated heterocycles. The van der Waals surface area contributed by atoms with Gasteiger partial charge in [-0.2, -0.15) is 0 Å². The summed E-state index contributed by atoms with van der Waals surface area (Å²) in [6.07, 6.45) is 4.43. The number of oxime groups is 1. The van der Waals surface area contributed by atoms with Crippen molar-refractivity contribution in [3.05, 3.63) is 29.8 Å². The Morgan fingerprint density at radius 1 is 1.27 bits per heavy atom. The Kier molecular flexibility index (Phi) is 6.72. The Hall–Kier alpha value is -1.55. The van der Waals surface area contributed by atoms with E-state index in [2.05, 4.69) is 17.0 Å². The fourth-order valence-electron chi connectivity index (χ4n) is 2.84. The molecule has 4 nitrogen and oxygen atoms in total. The Labute approximate surface area is 133 Å². The quantitative estimate of drug-likeness (QED) is 0.361. The second kappa shape index (κ2) is 8.79. The van der Waals surface area contributed by atoms with E-state index in [0.29, 0.717) is 12.1 Å². The van der Waals surface area contributed by atoms with Gasteiger partial charge in [0.25, 0.3) is 0 Å². The summed E-state index contributed by atoms with van der Waals surface area (Å²) in [5, 5.41) is 12.2. The van der Waals surface area contributed by atoms with E-state index in [1.54, 1.807) is 0 Å². The number of hydrogen-bond acceptors (Lipinski definition) is 4. The first-order valence-corrected chi connectivity index (χ1v) is 8.39. The number of piperidine rings is 1. The van der Waals surface area contributed by atoms with Gasteiger partial charge in [0.2, 0.25) is 0 Å². The third-order valence-electron chi connectivity index (χ3n) is 4.41. The highest BCUT2D eigenvalue weighted by molar-refractivity contribution is 6.00. The zero-order valence-electron chi connectivity index (χ0n) is 13.8. The molecule has 22 heavy (non-hydrogen) atoms. The Morgan fingerprint density at radius 3 is 2.55 bits per heavy atom. The summed E-state index contributed by atoms with van der Waals surface area (Å²) >= 11 is 0. The summed E-state index contributed by atoms with van der Waals surface area (Å²) in [4.78, 5) is 2.54. The summed E-state index contributed by atoms with van der Waals surface area (Å²) in [5.41, 5.74) is 1.64. The zero-order valence-corrected chi connectivity index (χ0v) is 13.8. The van der Waals surface area contributed by atoms with Gasteiger partial charge < -0.3 is 14.8 Å². The predicted octanol–water partition coefficient (Wildman–Crippen LogP) is 3.78. The van der Waals surface area contributed by atoms with Gasteiger partial charge in [-0.25, -0.2) is 0 Å². The number of ether oxygens (including phenoxy) is 1. The third kappa shape index (κ3) is 5.02. The lowest BCUT2D eigenvalue weighted by molar-refractivity contribution is 0.177. The highest BCUT2D eigenvalue weighted by Crippen LogP contribution is 2.17. The summed E-state index contributed by atoms with van der Waals surface area (Å²) in [6, 6.07) is 7.78. The van der Waals surface area contributed by atoms with E-state index >= 15 is 0 Å². The zero-order chi connectivity index (χ0) is 15.8. The average molecular weight is 304 g/mol. The van der Waals surface area contributed by atoms with Crippen LogP contribution in [-0.4, -0.2) is 42.1 Å². The molecule has 0 amide bonds. The fraction of sp³-hybridized carbons (Fsp3) is 0.611. The van der Waals surface area contributed by atoms with Gasteiger partial charge in [0.15, 0.2) is 0 Å². The van der Waals surface area contributed by atoms with Crippen LogP contribution in [0.4, 0.5) is 0 Å². The van der Waals surface area contributed by atoms with E-state index in [9.17, 15) is 0 Å². The van der Waals surface area contributed by atoms with Gasteiger partial charge in [0.1, 0.15) is 5.75 Å². The van der Waals surface area contributed by atoms with Crippen molar-refractivity contribution >= 4 is 5.71 Å². The van der Waals surface area contributed by atoms with Gasteiger partial charge in [-0.1, -0.05) is 19.0 Å². The van der Waals surface area contributed by atoms with Crippen LogP contribution in [0.2, 0.25) is 0 Å². The second-order valence-electron chi connectivity index (χ2n) is 6.15. The Bertz CT molecular complexity index is 462. The molecule has 4 heteroatoms. The molecule has 0 radical (unpaired) electrons. The molecule has 122 valence electrons. The molecule has 1 heterocycles.